The molecule has 0 radical (unpaired) electrons. The summed E-state index contributed by atoms with van der Waals surface area (Å²) in [6.07, 6.45) is 5.63. The molecule has 1 aliphatic heterocycles. The predicted molar refractivity (Wildman–Crippen MR) is 102 cm³/mol. The van der Waals surface area contributed by atoms with Gasteiger partial charge in [-0.05, 0) is 41.0 Å². The number of fused-ring (bicyclic) bond motifs is 1. The normalized spacial score (nSPS) is 12.3. The lowest BCUT2D eigenvalue weighted by Gasteiger charge is -2.19. The fraction of sp³-hybridized carbons (Fsp3) is 0.130. The number of benzene rings is 3. The summed E-state index contributed by atoms with van der Waals surface area (Å²) in [7, 11) is 0. The zero-order valence-corrected chi connectivity index (χ0v) is 14.3. The van der Waals surface area contributed by atoms with E-state index in [1.165, 1.54) is 0 Å². The summed E-state index contributed by atoms with van der Waals surface area (Å²) in [4.78, 5) is 0. The SMILES string of the molecule is C#Cc1ccc(-c2ccc3c(c2)OCCO3)cc1OCc1ccccc1. The molecular weight excluding hydrogens is 324 g/mol. The van der Waals surface area contributed by atoms with E-state index in [1.807, 2.05) is 66.7 Å². The molecule has 0 fully saturated rings. The highest BCUT2D eigenvalue weighted by Gasteiger charge is 2.13. The van der Waals surface area contributed by atoms with Gasteiger partial charge in [0.1, 0.15) is 25.6 Å². The van der Waals surface area contributed by atoms with Gasteiger partial charge in [0.2, 0.25) is 0 Å². The molecule has 0 aromatic heterocycles. The van der Waals surface area contributed by atoms with E-state index in [0.717, 1.165) is 33.8 Å². The monoisotopic (exact) mass is 342 g/mol. The van der Waals surface area contributed by atoms with Crippen molar-refractivity contribution in [2.75, 3.05) is 13.2 Å². The minimum atomic E-state index is 0.472. The van der Waals surface area contributed by atoms with Crippen LogP contribution in [0.4, 0.5) is 0 Å². The van der Waals surface area contributed by atoms with E-state index < -0.39 is 0 Å². The van der Waals surface area contributed by atoms with Gasteiger partial charge in [0, 0.05) is 0 Å². The highest BCUT2D eigenvalue weighted by Crippen LogP contribution is 2.36. The Labute approximate surface area is 153 Å². The first-order chi connectivity index (χ1) is 12.8. The van der Waals surface area contributed by atoms with Crippen molar-refractivity contribution in [2.45, 2.75) is 6.61 Å². The standard InChI is InChI=1S/C23H18O3/c1-2-18-8-9-19(14-22(18)26-16-17-6-4-3-5-7-17)20-10-11-21-23(15-20)25-13-12-24-21/h1,3-11,14-15H,12-13,16H2. The maximum Gasteiger partial charge on any atom is 0.161 e. The summed E-state index contributed by atoms with van der Waals surface area (Å²) in [5.41, 5.74) is 3.88. The van der Waals surface area contributed by atoms with Gasteiger partial charge in [-0.2, -0.15) is 0 Å². The van der Waals surface area contributed by atoms with Crippen LogP contribution in [0.25, 0.3) is 11.1 Å². The van der Waals surface area contributed by atoms with Gasteiger partial charge >= 0.3 is 0 Å². The Hall–Kier alpha value is -3.38. The van der Waals surface area contributed by atoms with Gasteiger partial charge in [0.05, 0.1) is 5.56 Å². The van der Waals surface area contributed by atoms with Crippen LogP contribution in [0.15, 0.2) is 66.7 Å². The van der Waals surface area contributed by atoms with E-state index in [4.69, 9.17) is 20.6 Å². The van der Waals surface area contributed by atoms with E-state index in [2.05, 4.69) is 5.92 Å². The topological polar surface area (TPSA) is 27.7 Å². The first-order valence-corrected chi connectivity index (χ1v) is 8.51. The van der Waals surface area contributed by atoms with Crippen LogP contribution < -0.4 is 14.2 Å². The highest BCUT2D eigenvalue weighted by molar-refractivity contribution is 5.70. The first kappa shape index (κ1) is 16.1. The van der Waals surface area contributed by atoms with Gasteiger partial charge in [-0.15, -0.1) is 6.42 Å². The van der Waals surface area contributed by atoms with Crippen LogP contribution in [0.5, 0.6) is 17.2 Å². The van der Waals surface area contributed by atoms with Gasteiger partial charge in [-0.25, -0.2) is 0 Å². The second-order valence-electron chi connectivity index (χ2n) is 5.99. The average molecular weight is 342 g/mol. The van der Waals surface area contributed by atoms with E-state index >= 15 is 0 Å². The van der Waals surface area contributed by atoms with E-state index in [9.17, 15) is 0 Å². The summed E-state index contributed by atoms with van der Waals surface area (Å²) in [5.74, 6) is 4.93. The molecule has 4 rings (SSSR count). The molecule has 26 heavy (non-hydrogen) atoms. The Morgan fingerprint density at radius 1 is 0.846 bits per heavy atom. The number of hydrogen-bond donors (Lipinski definition) is 0. The summed E-state index contributed by atoms with van der Waals surface area (Å²) in [6.45, 7) is 1.62. The van der Waals surface area contributed by atoms with Gasteiger partial charge < -0.3 is 14.2 Å². The van der Waals surface area contributed by atoms with Crippen molar-refractivity contribution in [3.05, 3.63) is 77.9 Å². The lowest BCUT2D eigenvalue weighted by Crippen LogP contribution is -2.15. The zero-order valence-electron chi connectivity index (χ0n) is 14.3. The van der Waals surface area contributed by atoms with Crippen molar-refractivity contribution in [3.8, 4) is 40.7 Å². The predicted octanol–water partition coefficient (Wildman–Crippen LogP) is 4.69. The molecule has 3 aromatic rings. The second-order valence-corrected chi connectivity index (χ2v) is 5.99. The molecule has 3 aromatic carbocycles. The van der Waals surface area contributed by atoms with Crippen LogP contribution >= 0.6 is 0 Å². The third-order valence-corrected chi connectivity index (χ3v) is 4.25. The molecule has 0 atom stereocenters. The van der Waals surface area contributed by atoms with Crippen LogP contribution in [-0.2, 0) is 6.61 Å². The van der Waals surface area contributed by atoms with E-state index in [1.54, 1.807) is 0 Å². The van der Waals surface area contributed by atoms with Crippen molar-refractivity contribution in [1.29, 1.82) is 0 Å². The average Bonchev–Trinajstić information content (AvgIpc) is 2.72. The van der Waals surface area contributed by atoms with Gasteiger partial charge in [0.25, 0.3) is 0 Å². The molecular formula is C23H18O3. The summed E-state index contributed by atoms with van der Waals surface area (Å²) in [5, 5.41) is 0. The minimum Gasteiger partial charge on any atom is -0.488 e. The van der Waals surface area contributed by atoms with Gasteiger partial charge in [0.15, 0.2) is 11.5 Å². The summed E-state index contributed by atoms with van der Waals surface area (Å²) >= 11 is 0. The van der Waals surface area contributed by atoms with Gasteiger partial charge in [-0.3, -0.25) is 0 Å². The summed E-state index contributed by atoms with van der Waals surface area (Å²) in [6, 6.07) is 21.8. The molecule has 128 valence electrons. The molecule has 0 amide bonds. The smallest absolute Gasteiger partial charge is 0.161 e. The van der Waals surface area contributed by atoms with Crippen molar-refractivity contribution in [2.24, 2.45) is 0 Å². The first-order valence-electron chi connectivity index (χ1n) is 8.51. The quantitative estimate of drug-likeness (QED) is 0.644. The van der Waals surface area contributed by atoms with E-state index in [-0.39, 0.29) is 0 Å². The third-order valence-electron chi connectivity index (χ3n) is 4.25. The van der Waals surface area contributed by atoms with Gasteiger partial charge in [-0.1, -0.05) is 48.4 Å². The largest absolute Gasteiger partial charge is 0.488 e. The lowest BCUT2D eigenvalue weighted by molar-refractivity contribution is 0.171. The molecule has 1 aliphatic rings. The zero-order chi connectivity index (χ0) is 17.8. The highest BCUT2D eigenvalue weighted by atomic mass is 16.6. The molecule has 0 saturated heterocycles. The maximum atomic E-state index is 5.99. The molecule has 0 bridgehead atoms. The second kappa shape index (κ2) is 7.25. The summed E-state index contributed by atoms with van der Waals surface area (Å²) < 4.78 is 17.3. The Balaban J connectivity index is 1.62. The number of hydrogen-bond acceptors (Lipinski definition) is 3. The van der Waals surface area contributed by atoms with Crippen LogP contribution in [0.3, 0.4) is 0 Å². The fourth-order valence-corrected chi connectivity index (χ4v) is 2.90. The van der Waals surface area contributed by atoms with Crippen LogP contribution in [0, 0.1) is 12.3 Å². The molecule has 0 saturated carbocycles. The Morgan fingerprint density at radius 2 is 1.58 bits per heavy atom. The molecule has 0 N–H and O–H groups in total. The van der Waals surface area contributed by atoms with Crippen LogP contribution in [-0.4, -0.2) is 13.2 Å². The maximum absolute atomic E-state index is 5.99. The lowest BCUT2D eigenvalue weighted by atomic mass is 10.0. The minimum absolute atomic E-state index is 0.472. The molecule has 0 aliphatic carbocycles. The Bertz CT molecular complexity index is 955. The number of rotatable bonds is 4. The van der Waals surface area contributed by atoms with Crippen LogP contribution in [0.1, 0.15) is 11.1 Å². The molecule has 3 nitrogen and oxygen atoms in total. The van der Waals surface area contributed by atoms with Crippen molar-refractivity contribution < 1.29 is 14.2 Å². The molecule has 1 heterocycles. The Morgan fingerprint density at radius 3 is 2.38 bits per heavy atom. The fourth-order valence-electron chi connectivity index (χ4n) is 2.90. The van der Waals surface area contributed by atoms with Crippen molar-refractivity contribution >= 4 is 0 Å². The number of ether oxygens (including phenoxy) is 3. The molecule has 0 unspecified atom stereocenters. The van der Waals surface area contributed by atoms with Crippen molar-refractivity contribution in [1.82, 2.24) is 0 Å². The van der Waals surface area contributed by atoms with Crippen molar-refractivity contribution in [3.63, 3.8) is 0 Å². The molecule has 3 heteroatoms. The number of terminal acetylenes is 1. The Kier molecular flexibility index (Phi) is 4.49. The third kappa shape index (κ3) is 3.36. The van der Waals surface area contributed by atoms with Crippen LogP contribution in [0.2, 0.25) is 0 Å². The van der Waals surface area contributed by atoms with E-state index in [0.29, 0.717) is 25.6 Å². The molecule has 0 spiro atoms.